The smallest absolute Gasteiger partial charge is 0.335 e. The summed E-state index contributed by atoms with van der Waals surface area (Å²) in [6.45, 7) is 0. The zero-order valence-corrected chi connectivity index (χ0v) is 10.5. The molecule has 1 heterocycles. The second-order valence-electron chi connectivity index (χ2n) is 3.72. The number of benzene rings is 1. The number of aromatic carboxylic acids is 1. The summed E-state index contributed by atoms with van der Waals surface area (Å²) in [5, 5.41) is 17.9. The lowest BCUT2D eigenvalue weighted by Gasteiger charge is -2.02. The van der Waals surface area contributed by atoms with Crippen LogP contribution in [0.1, 0.15) is 16.1 Å². The van der Waals surface area contributed by atoms with E-state index in [9.17, 15) is 9.59 Å². The Labute approximate surface area is 112 Å². The number of rotatable bonds is 4. The van der Waals surface area contributed by atoms with Crippen molar-refractivity contribution in [1.29, 1.82) is 0 Å². The van der Waals surface area contributed by atoms with E-state index in [0.29, 0.717) is 11.5 Å². The normalized spacial score (nSPS) is 10.3. The highest BCUT2D eigenvalue weighted by Crippen LogP contribution is 2.23. The van der Waals surface area contributed by atoms with Gasteiger partial charge in [-0.05, 0) is 18.2 Å². The molecule has 0 amide bonds. The molecule has 0 aliphatic heterocycles. The molecule has 2 rings (SSSR count). The van der Waals surface area contributed by atoms with Crippen LogP contribution in [-0.2, 0) is 5.75 Å². The van der Waals surface area contributed by atoms with Gasteiger partial charge >= 0.3 is 5.97 Å². The zero-order valence-electron chi connectivity index (χ0n) is 9.70. The molecule has 2 aromatic rings. The Morgan fingerprint density at radius 3 is 2.79 bits per heavy atom. The molecule has 0 fully saturated rings. The van der Waals surface area contributed by atoms with E-state index in [2.05, 4.69) is 0 Å². The fraction of sp³-hybridized carbons (Fsp3) is 0.0769. The molecule has 98 valence electrons. The van der Waals surface area contributed by atoms with Crippen LogP contribution in [0.2, 0.25) is 0 Å². The Bertz CT molecular complexity index is 662. The molecular weight excluding hydrogens is 268 g/mol. The first-order chi connectivity index (χ1) is 9.06. The number of carboxylic acids is 1. The van der Waals surface area contributed by atoms with Crippen LogP contribution < -0.4 is 5.43 Å². The minimum Gasteiger partial charge on any atom is -0.502 e. The van der Waals surface area contributed by atoms with E-state index < -0.39 is 17.1 Å². The lowest BCUT2D eigenvalue weighted by Crippen LogP contribution is -1.99. The molecule has 1 aromatic carbocycles. The van der Waals surface area contributed by atoms with Gasteiger partial charge in [0.05, 0.1) is 11.3 Å². The van der Waals surface area contributed by atoms with Crippen LogP contribution in [0, 0.1) is 0 Å². The van der Waals surface area contributed by atoms with Gasteiger partial charge in [-0.15, -0.1) is 11.8 Å². The molecule has 5 nitrogen and oxygen atoms in total. The average molecular weight is 278 g/mol. The molecule has 19 heavy (non-hydrogen) atoms. The highest BCUT2D eigenvalue weighted by Gasteiger charge is 2.06. The van der Waals surface area contributed by atoms with Gasteiger partial charge in [0, 0.05) is 11.0 Å². The first-order valence-electron chi connectivity index (χ1n) is 5.33. The van der Waals surface area contributed by atoms with E-state index in [0.717, 1.165) is 11.2 Å². The van der Waals surface area contributed by atoms with E-state index in [1.807, 2.05) is 0 Å². The topological polar surface area (TPSA) is 87.7 Å². The van der Waals surface area contributed by atoms with E-state index in [4.69, 9.17) is 14.6 Å². The Hall–Kier alpha value is -2.21. The summed E-state index contributed by atoms with van der Waals surface area (Å²) in [5.41, 5.74) is -0.293. The van der Waals surface area contributed by atoms with Crippen molar-refractivity contribution in [3.8, 4) is 5.75 Å². The van der Waals surface area contributed by atoms with Gasteiger partial charge in [0.15, 0.2) is 5.75 Å². The maximum absolute atomic E-state index is 11.2. The quantitative estimate of drug-likeness (QED) is 0.834. The van der Waals surface area contributed by atoms with Crippen LogP contribution in [-0.4, -0.2) is 16.2 Å². The second-order valence-corrected chi connectivity index (χ2v) is 4.77. The van der Waals surface area contributed by atoms with Crippen molar-refractivity contribution in [2.75, 3.05) is 0 Å². The second kappa shape index (κ2) is 5.62. The third-order valence-electron chi connectivity index (χ3n) is 2.33. The summed E-state index contributed by atoms with van der Waals surface area (Å²) >= 11 is 1.34. The van der Waals surface area contributed by atoms with Crippen LogP contribution >= 0.6 is 11.8 Å². The Morgan fingerprint density at radius 1 is 1.32 bits per heavy atom. The highest BCUT2D eigenvalue weighted by molar-refractivity contribution is 7.98. The van der Waals surface area contributed by atoms with Crippen LogP contribution in [0.25, 0.3) is 0 Å². The molecule has 0 radical (unpaired) electrons. The summed E-state index contributed by atoms with van der Waals surface area (Å²) < 4.78 is 5.05. The Balaban J connectivity index is 2.10. The number of carbonyl (C=O) groups is 1. The molecule has 0 aliphatic rings. The fourth-order valence-corrected chi connectivity index (χ4v) is 2.24. The minimum absolute atomic E-state index is 0.206. The Morgan fingerprint density at radius 2 is 2.11 bits per heavy atom. The van der Waals surface area contributed by atoms with E-state index in [1.165, 1.54) is 23.9 Å². The average Bonchev–Trinajstić information content (AvgIpc) is 2.40. The number of hydrogen-bond donors (Lipinski definition) is 2. The van der Waals surface area contributed by atoms with Crippen LogP contribution in [0.15, 0.2) is 50.7 Å². The molecule has 6 heteroatoms. The maximum atomic E-state index is 11.2. The summed E-state index contributed by atoms with van der Waals surface area (Å²) in [6, 6.07) is 7.69. The third-order valence-corrected chi connectivity index (χ3v) is 3.34. The van der Waals surface area contributed by atoms with Crippen molar-refractivity contribution in [3.05, 3.63) is 58.1 Å². The Kier molecular flexibility index (Phi) is 3.91. The van der Waals surface area contributed by atoms with Crippen molar-refractivity contribution in [1.82, 2.24) is 0 Å². The number of thioether (sulfide) groups is 1. The predicted octanol–water partition coefficient (Wildman–Crippen LogP) is 2.34. The third kappa shape index (κ3) is 3.38. The standard InChI is InChI=1S/C13H10O5S/c14-11-5-9(18-6-12(11)15)7-19-10-3-1-2-8(4-10)13(16)17/h1-6,15H,7H2,(H,16,17). The molecule has 0 aliphatic carbocycles. The van der Waals surface area contributed by atoms with Gasteiger partial charge in [-0.1, -0.05) is 6.07 Å². The number of aromatic hydroxyl groups is 1. The summed E-state index contributed by atoms with van der Waals surface area (Å²) in [7, 11) is 0. The highest BCUT2D eigenvalue weighted by atomic mass is 32.2. The van der Waals surface area contributed by atoms with E-state index in [1.54, 1.807) is 18.2 Å². The molecule has 0 saturated heterocycles. The first-order valence-corrected chi connectivity index (χ1v) is 6.31. The summed E-state index contributed by atoms with van der Waals surface area (Å²) in [5.74, 6) is -0.632. The van der Waals surface area contributed by atoms with Gasteiger partial charge in [0.2, 0.25) is 5.43 Å². The zero-order chi connectivity index (χ0) is 13.8. The molecule has 0 spiro atoms. The predicted molar refractivity (Wildman–Crippen MR) is 69.6 cm³/mol. The van der Waals surface area contributed by atoms with Gasteiger partial charge in [0.1, 0.15) is 12.0 Å². The van der Waals surface area contributed by atoms with Gasteiger partial charge < -0.3 is 14.6 Å². The molecule has 1 aromatic heterocycles. The summed E-state index contributed by atoms with van der Waals surface area (Å²) in [6.07, 6.45) is 0.992. The molecule has 0 bridgehead atoms. The largest absolute Gasteiger partial charge is 0.502 e. The van der Waals surface area contributed by atoms with Gasteiger partial charge in [0.25, 0.3) is 0 Å². The van der Waals surface area contributed by atoms with Gasteiger partial charge in [-0.3, -0.25) is 4.79 Å². The summed E-state index contributed by atoms with van der Waals surface area (Å²) in [4.78, 5) is 22.8. The first kappa shape index (κ1) is 13.2. The van der Waals surface area contributed by atoms with E-state index in [-0.39, 0.29) is 5.56 Å². The van der Waals surface area contributed by atoms with Gasteiger partial charge in [-0.25, -0.2) is 4.79 Å². The molecule has 0 saturated carbocycles. The molecule has 2 N–H and O–H groups in total. The lowest BCUT2D eigenvalue weighted by molar-refractivity contribution is 0.0696. The monoisotopic (exact) mass is 278 g/mol. The van der Waals surface area contributed by atoms with Crippen molar-refractivity contribution in [3.63, 3.8) is 0 Å². The van der Waals surface area contributed by atoms with Gasteiger partial charge in [-0.2, -0.15) is 0 Å². The SMILES string of the molecule is O=C(O)c1cccc(SCc2cc(=O)c(O)co2)c1. The lowest BCUT2D eigenvalue weighted by atomic mass is 10.2. The van der Waals surface area contributed by atoms with Crippen molar-refractivity contribution in [2.45, 2.75) is 10.6 Å². The molecule has 0 atom stereocenters. The molecular formula is C13H10O5S. The number of hydrogen-bond acceptors (Lipinski definition) is 5. The maximum Gasteiger partial charge on any atom is 0.335 e. The van der Waals surface area contributed by atoms with Crippen molar-refractivity contribution < 1.29 is 19.4 Å². The fourth-order valence-electron chi connectivity index (χ4n) is 1.39. The van der Waals surface area contributed by atoms with Crippen LogP contribution in [0.5, 0.6) is 5.75 Å². The van der Waals surface area contributed by atoms with Crippen molar-refractivity contribution in [2.24, 2.45) is 0 Å². The van der Waals surface area contributed by atoms with Crippen molar-refractivity contribution >= 4 is 17.7 Å². The minimum atomic E-state index is -0.987. The van der Waals surface area contributed by atoms with E-state index >= 15 is 0 Å². The van der Waals surface area contributed by atoms with Crippen LogP contribution in [0.4, 0.5) is 0 Å². The van der Waals surface area contributed by atoms with Crippen LogP contribution in [0.3, 0.4) is 0 Å². The molecule has 0 unspecified atom stereocenters. The number of carboxylic acid groups (broad SMARTS) is 1.